The molecule has 0 aliphatic carbocycles. The summed E-state index contributed by atoms with van der Waals surface area (Å²) in [5.41, 5.74) is 0.995. The summed E-state index contributed by atoms with van der Waals surface area (Å²) in [6.07, 6.45) is 1.16. The van der Waals surface area contributed by atoms with Gasteiger partial charge in [0, 0.05) is 12.5 Å². The maximum atomic E-state index is 13.5. The Morgan fingerprint density at radius 2 is 1.64 bits per heavy atom. The normalized spacial score (nSPS) is 14.9. The summed E-state index contributed by atoms with van der Waals surface area (Å²) in [6.45, 7) is 3.10. The van der Waals surface area contributed by atoms with Gasteiger partial charge in [0.25, 0.3) is 5.91 Å². The minimum atomic E-state index is -0.831. The van der Waals surface area contributed by atoms with Crippen LogP contribution < -0.4 is 10.6 Å². The van der Waals surface area contributed by atoms with E-state index in [1.165, 1.54) is 11.9 Å². The van der Waals surface area contributed by atoms with Crippen molar-refractivity contribution >= 4 is 40.4 Å². The third-order valence-corrected chi connectivity index (χ3v) is 5.72. The van der Waals surface area contributed by atoms with Gasteiger partial charge in [0.15, 0.2) is 5.84 Å². The van der Waals surface area contributed by atoms with Crippen molar-refractivity contribution in [3.05, 3.63) is 112 Å². The number of hydrazine groups is 1. The van der Waals surface area contributed by atoms with Crippen molar-refractivity contribution < 1.29 is 19.1 Å². The highest BCUT2D eigenvalue weighted by Gasteiger charge is 2.37. The quantitative estimate of drug-likeness (QED) is 0.345. The van der Waals surface area contributed by atoms with Crippen LogP contribution in [0.15, 0.2) is 98.8 Å². The van der Waals surface area contributed by atoms with Crippen LogP contribution in [0.4, 0.5) is 5.69 Å². The highest BCUT2D eigenvalue weighted by atomic mass is 16.4. The molecule has 1 aliphatic rings. The second-order valence-corrected chi connectivity index (χ2v) is 8.27. The number of aryl methyl sites for hydroxylation is 1. The molecule has 36 heavy (non-hydrogen) atoms. The number of amides is 2. The average Bonchev–Trinajstić information content (AvgIpc) is 2.87. The Bertz CT molecular complexity index is 1620. The number of hydrogen-bond donors (Lipinski definition) is 1. The van der Waals surface area contributed by atoms with Crippen molar-refractivity contribution in [2.45, 2.75) is 13.8 Å². The highest BCUT2D eigenvalue weighted by Crippen LogP contribution is 2.31. The van der Waals surface area contributed by atoms with Gasteiger partial charge in [-0.25, -0.2) is 14.8 Å². The molecule has 0 fully saturated rings. The number of hydrogen-bond acceptors (Lipinski definition) is 7. The van der Waals surface area contributed by atoms with Crippen LogP contribution in [-0.2, 0) is 9.59 Å². The molecule has 2 heterocycles. The van der Waals surface area contributed by atoms with Crippen LogP contribution >= 0.6 is 0 Å². The van der Waals surface area contributed by atoms with Gasteiger partial charge in [-0.3, -0.25) is 9.59 Å². The Labute approximate surface area is 206 Å². The monoisotopic (exact) mass is 479 g/mol. The number of imide groups is 1. The molecule has 2 amide bonds. The van der Waals surface area contributed by atoms with Crippen molar-refractivity contribution in [1.82, 2.24) is 5.01 Å². The summed E-state index contributed by atoms with van der Waals surface area (Å²) in [5, 5.41) is 13.6. The van der Waals surface area contributed by atoms with Crippen LogP contribution in [0.1, 0.15) is 23.6 Å². The minimum Gasteiger partial charge on any atom is -0.506 e. The Morgan fingerprint density at radius 3 is 2.31 bits per heavy atom. The first-order valence-electron chi connectivity index (χ1n) is 11.2. The van der Waals surface area contributed by atoms with Gasteiger partial charge in [0.1, 0.15) is 22.6 Å². The molecule has 5 rings (SSSR count). The van der Waals surface area contributed by atoms with E-state index in [1.807, 2.05) is 31.2 Å². The standard InChI is InChI=1S/C28H21N3O5/c1-17-13-14-21-24(15-17)36-28(35)22(25(21)33)16-23-27(34)30(18(2)32)31(20-11-7-4-8-12-20)26(29-23)19-9-5-3-6-10-19/h3-16,33H,1-2H3/b23-16+. The predicted octanol–water partition coefficient (Wildman–Crippen LogP) is 4.41. The van der Waals surface area contributed by atoms with Crippen LogP contribution in [0.25, 0.3) is 17.0 Å². The number of aliphatic imine (C=N–C) groups is 1. The van der Waals surface area contributed by atoms with Crippen molar-refractivity contribution in [1.29, 1.82) is 0 Å². The van der Waals surface area contributed by atoms with E-state index >= 15 is 0 Å². The molecule has 0 atom stereocenters. The van der Waals surface area contributed by atoms with Gasteiger partial charge < -0.3 is 9.52 Å². The molecule has 0 saturated heterocycles. The lowest BCUT2D eigenvalue weighted by molar-refractivity contribution is -0.141. The van der Waals surface area contributed by atoms with Crippen LogP contribution in [0.2, 0.25) is 0 Å². The fourth-order valence-corrected chi connectivity index (χ4v) is 4.03. The summed E-state index contributed by atoms with van der Waals surface area (Å²) < 4.78 is 5.40. The molecule has 0 spiro atoms. The van der Waals surface area contributed by atoms with E-state index in [9.17, 15) is 19.5 Å². The van der Waals surface area contributed by atoms with Crippen molar-refractivity contribution in [2.24, 2.45) is 4.99 Å². The van der Waals surface area contributed by atoms with E-state index in [-0.39, 0.29) is 22.6 Å². The number of benzene rings is 3. The molecule has 4 aromatic rings. The fourth-order valence-electron chi connectivity index (χ4n) is 4.03. The first-order chi connectivity index (χ1) is 17.3. The molecule has 0 unspecified atom stereocenters. The van der Waals surface area contributed by atoms with Gasteiger partial charge in [0.05, 0.1) is 11.1 Å². The zero-order valence-corrected chi connectivity index (χ0v) is 19.5. The molecule has 1 N–H and O–H groups in total. The molecule has 8 heteroatoms. The molecular formula is C28H21N3O5. The summed E-state index contributed by atoms with van der Waals surface area (Å²) in [4.78, 5) is 43.6. The molecule has 3 aromatic carbocycles. The van der Waals surface area contributed by atoms with Crippen LogP contribution in [0, 0.1) is 6.92 Å². The lowest BCUT2D eigenvalue weighted by Crippen LogP contribution is -2.55. The number of rotatable bonds is 3. The SMILES string of the molecule is CC(=O)N1C(=O)/C(=C\c2c(O)c3ccc(C)cc3oc2=O)N=C(c2ccccc2)N1c1ccccc1. The zero-order valence-electron chi connectivity index (χ0n) is 19.5. The van der Waals surface area contributed by atoms with Crippen LogP contribution in [-0.4, -0.2) is 27.8 Å². The molecule has 1 aromatic heterocycles. The number of carbonyl (C=O) groups excluding carboxylic acids is 2. The summed E-state index contributed by atoms with van der Waals surface area (Å²) in [6, 6.07) is 23.0. The number of nitrogens with zero attached hydrogens (tertiary/aromatic N) is 3. The number of aromatic hydroxyl groups is 1. The fraction of sp³-hybridized carbons (Fsp3) is 0.0714. The summed E-state index contributed by atoms with van der Waals surface area (Å²) >= 11 is 0. The van der Waals surface area contributed by atoms with E-state index < -0.39 is 17.4 Å². The Hall–Kier alpha value is -4.98. The Balaban J connectivity index is 1.76. The lowest BCUT2D eigenvalue weighted by atomic mass is 10.1. The largest absolute Gasteiger partial charge is 0.506 e. The number of carbonyl (C=O) groups is 2. The summed E-state index contributed by atoms with van der Waals surface area (Å²) in [7, 11) is 0. The van der Waals surface area contributed by atoms with E-state index in [2.05, 4.69) is 4.99 Å². The van der Waals surface area contributed by atoms with Crippen LogP contribution in [0.3, 0.4) is 0 Å². The molecule has 0 saturated carbocycles. The predicted molar refractivity (Wildman–Crippen MR) is 136 cm³/mol. The topological polar surface area (TPSA) is 103 Å². The van der Waals surface area contributed by atoms with E-state index in [4.69, 9.17) is 4.42 Å². The first-order valence-corrected chi connectivity index (χ1v) is 11.2. The maximum Gasteiger partial charge on any atom is 0.347 e. The molecule has 0 radical (unpaired) electrons. The van der Waals surface area contributed by atoms with Crippen molar-refractivity contribution in [3.8, 4) is 5.75 Å². The molecule has 0 bridgehead atoms. The number of fused-ring (bicyclic) bond motifs is 1. The van der Waals surface area contributed by atoms with Gasteiger partial charge >= 0.3 is 5.63 Å². The Kier molecular flexibility index (Phi) is 5.69. The van der Waals surface area contributed by atoms with Gasteiger partial charge in [-0.15, -0.1) is 0 Å². The molecular weight excluding hydrogens is 458 g/mol. The lowest BCUT2D eigenvalue weighted by Gasteiger charge is -2.38. The summed E-state index contributed by atoms with van der Waals surface area (Å²) in [5.74, 6) is -1.35. The van der Waals surface area contributed by atoms with Crippen molar-refractivity contribution in [3.63, 3.8) is 0 Å². The van der Waals surface area contributed by atoms with Gasteiger partial charge in [0.2, 0.25) is 5.91 Å². The number of para-hydroxylation sites is 1. The highest BCUT2D eigenvalue weighted by molar-refractivity contribution is 6.21. The second kappa shape index (κ2) is 8.99. The van der Waals surface area contributed by atoms with Gasteiger partial charge in [-0.05, 0) is 42.8 Å². The minimum absolute atomic E-state index is 0.203. The third-order valence-electron chi connectivity index (χ3n) is 5.72. The zero-order chi connectivity index (χ0) is 25.4. The third kappa shape index (κ3) is 3.94. The Morgan fingerprint density at radius 1 is 0.972 bits per heavy atom. The van der Waals surface area contributed by atoms with Crippen molar-refractivity contribution in [2.75, 3.05) is 5.01 Å². The molecule has 178 valence electrons. The van der Waals surface area contributed by atoms with Gasteiger partial charge in [-0.2, -0.15) is 5.01 Å². The average molecular weight is 479 g/mol. The van der Waals surface area contributed by atoms with Gasteiger partial charge in [-0.1, -0.05) is 54.6 Å². The number of anilines is 1. The number of amidine groups is 1. The smallest absolute Gasteiger partial charge is 0.347 e. The molecule has 1 aliphatic heterocycles. The second-order valence-electron chi connectivity index (χ2n) is 8.27. The first kappa shape index (κ1) is 22.8. The molecule has 8 nitrogen and oxygen atoms in total. The van der Waals surface area contributed by atoms with Crippen LogP contribution in [0.5, 0.6) is 5.75 Å². The maximum absolute atomic E-state index is 13.5. The van der Waals surface area contributed by atoms with E-state index in [0.29, 0.717) is 22.5 Å². The van der Waals surface area contributed by atoms with E-state index in [0.717, 1.165) is 16.6 Å². The van der Waals surface area contributed by atoms with E-state index in [1.54, 1.807) is 54.6 Å².